The quantitative estimate of drug-likeness (QED) is 0.895. The van der Waals surface area contributed by atoms with Crippen LogP contribution in [0.5, 0.6) is 0 Å². The lowest BCUT2D eigenvalue weighted by molar-refractivity contribution is 0.0919. The van der Waals surface area contributed by atoms with E-state index in [2.05, 4.69) is 20.6 Å². The van der Waals surface area contributed by atoms with E-state index in [-0.39, 0.29) is 17.4 Å². The zero-order valence-corrected chi connectivity index (χ0v) is 15.3. The number of carbonyl (C=O) groups is 2. The predicted molar refractivity (Wildman–Crippen MR) is 97.8 cm³/mol. The number of nitrogens with zero attached hydrogens (tertiary/aromatic N) is 2. The molecular formula is C19H24N4O2. The van der Waals surface area contributed by atoms with Gasteiger partial charge >= 0.3 is 0 Å². The zero-order chi connectivity index (χ0) is 18.6. The normalized spacial score (nSPS) is 11.1. The number of carbonyl (C=O) groups excluding carboxylic acids is 2. The Bertz CT molecular complexity index is 777. The van der Waals surface area contributed by atoms with E-state index in [1.54, 1.807) is 37.4 Å². The van der Waals surface area contributed by atoms with Crippen LogP contribution < -0.4 is 10.6 Å². The minimum Gasteiger partial charge on any atom is -0.347 e. The number of nitrogens with one attached hydrogen (secondary N) is 2. The number of benzene rings is 1. The molecule has 2 N–H and O–H groups in total. The first-order valence-electron chi connectivity index (χ1n) is 8.26. The van der Waals surface area contributed by atoms with E-state index in [1.165, 1.54) is 0 Å². The number of hydrogen-bond donors (Lipinski definition) is 2. The average Bonchev–Trinajstić information content (AvgIpc) is 2.53. The van der Waals surface area contributed by atoms with E-state index in [0.29, 0.717) is 34.8 Å². The third-order valence-corrected chi connectivity index (χ3v) is 3.46. The highest BCUT2D eigenvalue weighted by Gasteiger charge is 2.16. The molecule has 132 valence electrons. The fraction of sp³-hybridized carbons (Fsp3) is 0.368. The smallest absolute Gasteiger partial charge is 0.259 e. The fourth-order valence-electron chi connectivity index (χ4n) is 2.29. The third-order valence-electron chi connectivity index (χ3n) is 3.46. The Balaban J connectivity index is 2.11. The van der Waals surface area contributed by atoms with Crippen LogP contribution in [0.25, 0.3) is 0 Å². The Morgan fingerprint density at radius 2 is 1.72 bits per heavy atom. The summed E-state index contributed by atoms with van der Waals surface area (Å²) >= 11 is 0. The van der Waals surface area contributed by atoms with Crippen molar-refractivity contribution < 1.29 is 9.59 Å². The van der Waals surface area contributed by atoms with Crippen molar-refractivity contribution in [3.8, 4) is 0 Å². The van der Waals surface area contributed by atoms with Gasteiger partial charge in [0.2, 0.25) is 0 Å². The predicted octanol–water partition coefficient (Wildman–Crippen LogP) is 3.13. The molecule has 25 heavy (non-hydrogen) atoms. The molecule has 6 heteroatoms. The molecule has 0 radical (unpaired) electrons. The lowest BCUT2D eigenvalue weighted by atomic mass is 10.1. The maximum Gasteiger partial charge on any atom is 0.259 e. The summed E-state index contributed by atoms with van der Waals surface area (Å²) in [4.78, 5) is 33.0. The van der Waals surface area contributed by atoms with Gasteiger partial charge in [-0.05, 0) is 58.4 Å². The highest BCUT2D eigenvalue weighted by Crippen LogP contribution is 2.14. The van der Waals surface area contributed by atoms with Gasteiger partial charge in [0.1, 0.15) is 5.82 Å². The number of rotatable bonds is 4. The molecule has 2 aromatic rings. The van der Waals surface area contributed by atoms with Crippen molar-refractivity contribution in [3.63, 3.8) is 0 Å². The molecule has 0 aliphatic rings. The minimum absolute atomic E-state index is 0.148. The molecule has 2 rings (SSSR count). The van der Waals surface area contributed by atoms with E-state index in [0.717, 1.165) is 0 Å². The van der Waals surface area contributed by atoms with Crippen LogP contribution in [0.4, 0.5) is 5.69 Å². The molecule has 0 fully saturated rings. The summed E-state index contributed by atoms with van der Waals surface area (Å²) in [5.74, 6) is 0.233. The third kappa shape index (κ3) is 5.11. The SMILES string of the molecule is CCc1nc(C)ncc1C(=O)Nc1ccc(C(=O)NC(C)(C)C)cc1. The molecule has 0 spiro atoms. The van der Waals surface area contributed by atoms with Gasteiger partial charge in [0.05, 0.1) is 11.3 Å². The van der Waals surface area contributed by atoms with Crippen LogP contribution in [0.2, 0.25) is 0 Å². The van der Waals surface area contributed by atoms with Crippen LogP contribution in [0.3, 0.4) is 0 Å². The highest BCUT2D eigenvalue weighted by molar-refractivity contribution is 6.05. The fourth-order valence-corrected chi connectivity index (χ4v) is 2.29. The number of hydrogen-bond acceptors (Lipinski definition) is 4. The molecule has 0 bridgehead atoms. The standard InChI is InChI=1S/C19H24N4O2/c1-6-16-15(11-20-12(2)21-16)18(25)22-14-9-7-13(8-10-14)17(24)23-19(3,4)5/h7-11H,6H2,1-5H3,(H,22,25)(H,23,24). The highest BCUT2D eigenvalue weighted by atomic mass is 16.2. The van der Waals surface area contributed by atoms with Gasteiger partial charge in [0.25, 0.3) is 11.8 Å². The molecule has 1 aromatic carbocycles. The monoisotopic (exact) mass is 340 g/mol. The van der Waals surface area contributed by atoms with Crippen LogP contribution in [-0.4, -0.2) is 27.3 Å². The van der Waals surface area contributed by atoms with Gasteiger partial charge in [-0.3, -0.25) is 9.59 Å². The van der Waals surface area contributed by atoms with Gasteiger partial charge in [-0.15, -0.1) is 0 Å². The summed E-state index contributed by atoms with van der Waals surface area (Å²) in [6, 6.07) is 6.78. The van der Waals surface area contributed by atoms with Crippen LogP contribution in [0.1, 0.15) is 59.9 Å². The molecular weight excluding hydrogens is 316 g/mol. The van der Waals surface area contributed by atoms with Crippen LogP contribution in [0.15, 0.2) is 30.5 Å². The summed E-state index contributed by atoms with van der Waals surface area (Å²) in [7, 11) is 0. The maximum absolute atomic E-state index is 12.4. The summed E-state index contributed by atoms with van der Waals surface area (Å²) in [6.45, 7) is 9.51. The van der Waals surface area contributed by atoms with Gasteiger partial charge in [0.15, 0.2) is 0 Å². The first kappa shape index (κ1) is 18.6. The van der Waals surface area contributed by atoms with E-state index in [4.69, 9.17) is 0 Å². The van der Waals surface area contributed by atoms with Crippen molar-refractivity contribution in [3.05, 3.63) is 53.1 Å². The first-order valence-corrected chi connectivity index (χ1v) is 8.26. The second kappa shape index (κ2) is 7.42. The van der Waals surface area contributed by atoms with Crippen LogP contribution in [-0.2, 0) is 6.42 Å². The van der Waals surface area contributed by atoms with Gasteiger partial charge in [-0.2, -0.15) is 0 Å². The largest absolute Gasteiger partial charge is 0.347 e. The number of aryl methyl sites for hydroxylation is 2. The molecule has 0 aliphatic carbocycles. The Hall–Kier alpha value is -2.76. The molecule has 0 aliphatic heterocycles. The van der Waals surface area contributed by atoms with Gasteiger partial charge < -0.3 is 10.6 Å². The molecule has 0 saturated carbocycles. The minimum atomic E-state index is -0.300. The van der Waals surface area contributed by atoms with Gasteiger partial charge in [0, 0.05) is 23.0 Å². The molecule has 6 nitrogen and oxygen atoms in total. The second-order valence-electron chi connectivity index (χ2n) is 6.87. The van der Waals surface area contributed by atoms with E-state index in [1.807, 2.05) is 27.7 Å². The van der Waals surface area contributed by atoms with E-state index >= 15 is 0 Å². The Labute approximate surface area is 148 Å². The molecule has 0 atom stereocenters. The number of anilines is 1. The van der Waals surface area contributed by atoms with E-state index in [9.17, 15) is 9.59 Å². The Morgan fingerprint density at radius 1 is 1.08 bits per heavy atom. The Kier molecular flexibility index (Phi) is 5.51. The van der Waals surface area contributed by atoms with Crippen LogP contribution in [0, 0.1) is 6.92 Å². The molecule has 0 saturated heterocycles. The second-order valence-corrected chi connectivity index (χ2v) is 6.87. The van der Waals surface area contributed by atoms with Crippen molar-refractivity contribution in [1.29, 1.82) is 0 Å². The van der Waals surface area contributed by atoms with Crippen molar-refractivity contribution in [1.82, 2.24) is 15.3 Å². The number of aromatic nitrogens is 2. The van der Waals surface area contributed by atoms with Gasteiger partial charge in [-0.1, -0.05) is 6.92 Å². The molecule has 2 amide bonds. The lowest BCUT2D eigenvalue weighted by Gasteiger charge is -2.20. The van der Waals surface area contributed by atoms with Crippen molar-refractivity contribution in [2.24, 2.45) is 0 Å². The summed E-state index contributed by atoms with van der Waals surface area (Å²) in [5, 5.41) is 5.72. The zero-order valence-electron chi connectivity index (χ0n) is 15.3. The summed E-state index contributed by atoms with van der Waals surface area (Å²) < 4.78 is 0. The summed E-state index contributed by atoms with van der Waals surface area (Å²) in [5.41, 5.74) is 2.03. The lowest BCUT2D eigenvalue weighted by Crippen LogP contribution is -2.40. The first-order chi connectivity index (χ1) is 11.7. The van der Waals surface area contributed by atoms with Crippen LogP contribution >= 0.6 is 0 Å². The van der Waals surface area contributed by atoms with E-state index < -0.39 is 0 Å². The molecule has 0 unspecified atom stereocenters. The maximum atomic E-state index is 12.4. The number of amides is 2. The average molecular weight is 340 g/mol. The van der Waals surface area contributed by atoms with Crippen molar-refractivity contribution in [2.45, 2.75) is 46.6 Å². The van der Waals surface area contributed by atoms with Crippen molar-refractivity contribution >= 4 is 17.5 Å². The van der Waals surface area contributed by atoms with Gasteiger partial charge in [-0.25, -0.2) is 9.97 Å². The molecule has 1 heterocycles. The van der Waals surface area contributed by atoms with Crippen molar-refractivity contribution in [2.75, 3.05) is 5.32 Å². The Morgan fingerprint density at radius 3 is 2.28 bits per heavy atom. The summed E-state index contributed by atoms with van der Waals surface area (Å²) in [6.07, 6.45) is 2.19. The molecule has 1 aromatic heterocycles. The topological polar surface area (TPSA) is 84.0 Å².